The Kier molecular flexibility index (Phi) is 3.38. The van der Waals surface area contributed by atoms with Gasteiger partial charge >= 0.3 is 0 Å². The summed E-state index contributed by atoms with van der Waals surface area (Å²) in [4.78, 5) is 13.3. The SMILES string of the molecule is O=C1CN(Cc2ccccc2Br)CCN1. The molecule has 0 unspecified atom stereocenters. The summed E-state index contributed by atoms with van der Waals surface area (Å²) in [6.45, 7) is 3.01. The minimum absolute atomic E-state index is 0.119. The molecule has 1 saturated heterocycles. The van der Waals surface area contributed by atoms with E-state index in [1.807, 2.05) is 18.2 Å². The molecule has 0 spiro atoms. The lowest BCUT2D eigenvalue weighted by Crippen LogP contribution is -2.47. The van der Waals surface area contributed by atoms with Crippen molar-refractivity contribution in [3.05, 3.63) is 34.3 Å². The van der Waals surface area contributed by atoms with E-state index in [9.17, 15) is 4.79 Å². The minimum Gasteiger partial charge on any atom is -0.354 e. The van der Waals surface area contributed by atoms with Gasteiger partial charge in [-0.15, -0.1) is 0 Å². The Hall–Kier alpha value is -0.870. The second kappa shape index (κ2) is 4.77. The first-order valence-electron chi connectivity index (χ1n) is 4.98. The van der Waals surface area contributed by atoms with Crippen LogP contribution in [0.25, 0.3) is 0 Å². The molecule has 15 heavy (non-hydrogen) atoms. The maximum absolute atomic E-state index is 11.2. The van der Waals surface area contributed by atoms with Crippen molar-refractivity contribution in [2.24, 2.45) is 0 Å². The molecule has 1 fully saturated rings. The number of piperazine rings is 1. The minimum atomic E-state index is 0.119. The highest BCUT2D eigenvalue weighted by Crippen LogP contribution is 2.17. The van der Waals surface area contributed by atoms with Gasteiger partial charge in [0.05, 0.1) is 6.54 Å². The predicted octanol–water partition coefficient (Wildman–Crippen LogP) is 1.38. The molecule has 0 atom stereocenters. The van der Waals surface area contributed by atoms with E-state index < -0.39 is 0 Å². The first kappa shape index (κ1) is 10.6. The fourth-order valence-electron chi connectivity index (χ4n) is 1.69. The maximum atomic E-state index is 11.2. The van der Waals surface area contributed by atoms with Crippen molar-refractivity contribution in [3.8, 4) is 0 Å². The number of carbonyl (C=O) groups is 1. The van der Waals surface area contributed by atoms with Crippen LogP contribution in [0.4, 0.5) is 0 Å². The molecule has 1 aromatic rings. The van der Waals surface area contributed by atoms with E-state index in [0.29, 0.717) is 6.54 Å². The molecule has 1 N–H and O–H groups in total. The third-order valence-corrected chi connectivity index (χ3v) is 3.24. The third kappa shape index (κ3) is 2.79. The lowest BCUT2D eigenvalue weighted by molar-refractivity contribution is -0.124. The van der Waals surface area contributed by atoms with Crippen molar-refractivity contribution < 1.29 is 4.79 Å². The van der Waals surface area contributed by atoms with Crippen LogP contribution in [0.15, 0.2) is 28.7 Å². The van der Waals surface area contributed by atoms with Gasteiger partial charge in [0.15, 0.2) is 0 Å². The van der Waals surface area contributed by atoms with E-state index in [1.54, 1.807) is 0 Å². The van der Waals surface area contributed by atoms with E-state index >= 15 is 0 Å². The van der Waals surface area contributed by atoms with Crippen LogP contribution in [0.2, 0.25) is 0 Å². The Morgan fingerprint density at radius 2 is 2.20 bits per heavy atom. The molecule has 1 heterocycles. The monoisotopic (exact) mass is 268 g/mol. The van der Waals surface area contributed by atoms with Crippen molar-refractivity contribution in [3.63, 3.8) is 0 Å². The molecule has 80 valence electrons. The van der Waals surface area contributed by atoms with Crippen LogP contribution in [0.3, 0.4) is 0 Å². The number of amides is 1. The van der Waals surface area contributed by atoms with Gasteiger partial charge in [0.2, 0.25) is 5.91 Å². The highest BCUT2D eigenvalue weighted by atomic mass is 79.9. The number of rotatable bonds is 2. The zero-order valence-electron chi connectivity index (χ0n) is 8.37. The average molecular weight is 269 g/mol. The molecule has 1 aliphatic rings. The molecule has 0 bridgehead atoms. The van der Waals surface area contributed by atoms with Crippen LogP contribution in [-0.2, 0) is 11.3 Å². The van der Waals surface area contributed by atoms with Gasteiger partial charge in [0.1, 0.15) is 0 Å². The molecule has 3 nitrogen and oxygen atoms in total. The molecule has 0 radical (unpaired) electrons. The molecule has 2 rings (SSSR count). The van der Waals surface area contributed by atoms with Crippen LogP contribution in [0.5, 0.6) is 0 Å². The van der Waals surface area contributed by atoms with Crippen LogP contribution < -0.4 is 5.32 Å². The number of halogens is 1. The molecule has 1 amide bonds. The topological polar surface area (TPSA) is 32.3 Å². The summed E-state index contributed by atoms with van der Waals surface area (Å²) in [5.74, 6) is 0.119. The number of hydrogen-bond donors (Lipinski definition) is 1. The maximum Gasteiger partial charge on any atom is 0.234 e. The smallest absolute Gasteiger partial charge is 0.234 e. The number of benzene rings is 1. The van der Waals surface area contributed by atoms with E-state index in [-0.39, 0.29) is 5.91 Å². The summed E-state index contributed by atoms with van der Waals surface area (Å²) in [5, 5.41) is 2.82. The molecular formula is C11H13BrN2O. The molecule has 0 aliphatic carbocycles. The zero-order chi connectivity index (χ0) is 10.7. The van der Waals surface area contributed by atoms with Crippen molar-refractivity contribution in [2.75, 3.05) is 19.6 Å². The van der Waals surface area contributed by atoms with Gasteiger partial charge < -0.3 is 5.32 Å². The Morgan fingerprint density at radius 1 is 1.40 bits per heavy atom. The molecule has 0 saturated carbocycles. The van der Waals surface area contributed by atoms with Gasteiger partial charge in [-0.3, -0.25) is 9.69 Å². The van der Waals surface area contributed by atoms with Gasteiger partial charge in [-0.05, 0) is 11.6 Å². The number of nitrogens with zero attached hydrogens (tertiary/aromatic N) is 1. The number of carbonyl (C=O) groups excluding carboxylic acids is 1. The lowest BCUT2D eigenvalue weighted by Gasteiger charge is -2.26. The summed E-state index contributed by atoms with van der Waals surface area (Å²) in [6, 6.07) is 8.12. The van der Waals surface area contributed by atoms with Crippen molar-refractivity contribution in [1.29, 1.82) is 0 Å². The van der Waals surface area contributed by atoms with Crippen molar-refractivity contribution in [1.82, 2.24) is 10.2 Å². The van der Waals surface area contributed by atoms with Crippen LogP contribution in [0, 0.1) is 0 Å². The van der Waals surface area contributed by atoms with E-state index in [4.69, 9.17) is 0 Å². The van der Waals surface area contributed by atoms with Gasteiger partial charge in [0.25, 0.3) is 0 Å². The van der Waals surface area contributed by atoms with Gasteiger partial charge in [-0.1, -0.05) is 34.1 Å². The highest BCUT2D eigenvalue weighted by molar-refractivity contribution is 9.10. The molecular weight excluding hydrogens is 256 g/mol. The van der Waals surface area contributed by atoms with Gasteiger partial charge in [-0.25, -0.2) is 0 Å². The second-order valence-corrected chi connectivity index (χ2v) is 4.51. The standard InChI is InChI=1S/C11H13BrN2O/c12-10-4-2-1-3-9(10)7-14-6-5-13-11(15)8-14/h1-4H,5-8H2,(H,13,15). The highest BCUT2D eigenvalue weighted by Gasteiger charge is 2.16. The van der Waals surface area contributed by atoms with Crippen LogP contribution in [0.1, 0.15) is 5.56 Å². The lowest BCUT2D eigenvalue weighted by atomic mass is 10.2. The van der Waals surface area contributed by atoms with Gasteiger partial charge in [-0.2, -0.15) is 0 Å². The fourth-order valence-corrected chi connectivity index (χ4v) is 2.10. The fraction of sp³-hybridized carbons (Fsp3) is 0.364. The van der Waals surface area contributed by atoms with E-state index in [0.717, 1.165) is 24.1 Å². The molecule has 0 aromatic heterocycles. The average Bonchev–Trinajstić information content (AvgIpc) is 2.22. The van der Waals surface area contributed by atoms with E-state index in [1.165, 1.54) is 5.56 Å². The zero-order valence-corrected chi connectivity index (χ0v) is 9.96. The Morgan fingerprint density at radius 3 is 2.93 bits per heavy atom. The quantitative estimate of drug-likeness (QED) is 0.879. The second-order valence-electron chi connectivity index (χ2n) is 3.65. The summed E-state index contributed by atoms with van der Waals surface area (Å²) in [6.07, 6.45) is 0. The molecule has 4 heteroatoms. The van der Waals surface area contributed by atoms with Crippen LogP contribution in [-0.4, -0.2) is 30.4 Å². The predicted molar refractivity (Wildman–Crippen MR) is 62.4 cm³/mol. The van der Waals surface area contributed by atoms with Gasteiger partial charge in [0, 0.05) is 24.1 Å². The van der Waals surface area contributed by atoms with Crippen molar-refractivity contribution in [2.45, 2.75) is 6.54 Å². The Bertz CT molecular complexity index is 367. The summed E-state index contributed by atoms with van der Waals surface area (Å²) >= 11 is 3.51. The summed E-state index contributed by atoms with van der Waals surface area (Å²) in [7, 11) is 0. The number of hydrogen-bond acceptors (Lipinski definition) is 2. The summed E-state index contributed by atoms with van der Waals surface area (Å²) < 4.78 is 1.11. The molecule has 1 aliphatic heterocycles. The first-order valence-corrected chi connectivity index (χ1v) is 5.77. The van der Waals surface area contributed by atoms with Crippen LogP contribution >= 0.6 is 15.9 Å². The number of nitrogens with one attached hydrogen (secondary N) is 1. The van der Waals surface area contributed by atoms with E-state index in [2.05, 4.69) is 32.2 Å². The van der Waals surface area contributed by atoms with Crippen molar-refractivity contribution >= 4 is 21.8 Å². The third-order valence-electron chi connectivity index (χ3n) is 2.47. The largest absolute Gasteiger partial charge is 0.354 e. The molecule has 1 aromatic carbocycles. The normalized spacial score (nSPS) is 17.5. The Labute approximate surface area is 97.6 Å². The summed E-state index contributed by atoms with van der Waals surface area (Å²) in [5.41, 5.74) is 1.23. The Balaban J connectivity index is 2.02. The first-order chi connectivity index (χ1) is 7.25.